The van der Waals surface area contributed by atoms with Crippen molar-refractivity contribution in [3.05, 3.63) is 70.7 Å². The van der Waals surface area contributed by atoms with Crippen LogP contribution in [0.3, 0.4) is 0 Å². The summed E-state index contributed by atoms with van der Waals surface area (Å²) in [4.78, 5) is 15.1. The topological polar surface area (TPSA) is 72.3 Å². The summed E-state index contributed by atoms with van der Waals surface area (Å²) in [5, 5.41) is 11.5. The van der Waals surface area contributed by atoms with Crippen molar-refractivity contribution >= 4 is 5.91 Å². The minimum atomic E-state index is -0.249. The Kier molecular flexibility index (Phi) is 6.92. The molecule has 0 spiro atoms. The molecule has 0 radical (unpaired) electrons. The van der Waals surface area contributed by atoms with E-state index in [1.54, 1.807) is 10.7 Å². The Morgan fingerprint density at radius 3 is 2.72 bits per heavy atom. The van der Waals surface area contributed by atoms with E-state index in [4.69, 9.17) is 4.74 Å². The van der Waals surface area contributed by atoms with Gasteiger partial charge in [-0.3, -0.25) is 9.69 Å². The van der Waals surface area contributed by atoms with Crippen molar-refractivity contribution in [1.82, 2.24) is 25.2 Å². The molecule has 1 fully saturated rings. The third-order valence-corrected chi connectivity index (χ3v) is 5.77. The molecule has 1 aliphatic heterocycles. The molecule has 0 saturated carbocycles. The van der Waals surface area contributed by atoms with Crippen LogP contribution in [0.5, 0.6) is 0 Å². The van der Waals surface area contributed by atoms with Crippen LogP contribution in [0.15, 0.2) is 42.6 Å². The summed E-state index contributed by atoms with van der Waals surface area (Å²) in [7, 11) is 0. The number of amides is 1. The first-order valence-corrected chi connectivity index (χ1v) is 10.8. The molecule has 0 atom stereocenters. The monoisotopic (exact) mass is 437 g/mol. The van der Waals surface area contributed by atoms with Gasteiger partial charge in [-0.2, -0.15) is 0 Å². The average Bonchev–Trinajstić information content (AvgIpc) is 3.25. The molecule has 2 heterocycles. The van der Waals surface area contributed by atoms with Gasteiger partial charge in [-0.25, -0.2) is 9.07 Å². The van der Waals surface area contributed by atoms with E-state index in [1.165, 1.54) is 12.1 Å². The first-order chi connectivity index (χ1) is 15.5. The molecular formula is C24H28FN5O2. The second-order valence-corrected chi connectivity index (χ2v) is 8.11. The summed E-state index contributed by atoms with van der Waals surface area (Å²) in [5.74, 6) is -0.340. The Bertz CT molecular complexity index is 1090. The quantitative estimate of drug-likeness (QED) is 0.616. The zero-order valence-electron chi connectivity index (χ0n) is 18.5. The van der Waals surface area contributed by atoms with Crippen LogP contribution in [0, 0.1) is 19.7 Å². The maximum absolute atomic E-state index is 13.3. The molecule has 1 N–H and O–H groups in total. The van der Waals surface area contributed by atoms with Crippen LogP contribution in [0.25, 0.3) is 11.3 Å². The van der Waals surface area contributed by atoms with Crippen molar-refractivity contribution in [1.29, 1.82) is 0 Å². The SMILES string of the molecule is Cc1cc(F)ccc1Cn1cc(-c2ccc(C)c(C(=O)NCCN3CCOCC3)c2)nn1. The predicted molar refractivity (Wildman–Crippen MR) is 120 cm³/mol. The van der Waals surface area contributed by atoms with Gasteiger partial charge in [0.25, 0.3) is 5.91 Å². The summed E-state index contributed by atoms with van der Waals surface area (Å²) in [6.45, 7) is 9.00. The van der Waals surface area contributed by atoms with Crippen LogP contribution < -0.4 is 5.32 Å². The summed E-state index contributed by atoms with van der Waals surface area (Å²) < 4.78 is 20.4. The van der Waals surface area contributed by atoms with E-state index in [1.807, 2.05) is 38.2 Å². The maximum Gasteiger partial charge on any atom is 0.251 e. The first-order valence-electron chi connectivity index (χ1n) is 10.8. The lowest BCUT2D eigenvalue weighted by Crippen LogP contribution is -2.41. The minimum absolute atomic E-state index is 0.0908. The molecule has 4 rings (SSSR count). The number of aryl methyl sites for hydroxylation is 2. The lowest BCUT2D eigenvalue weighted by Gasteiger charge is -2.26. The number of nitrogens with one attached hydrogen (secondary N) is 1. The number of carbonyl (C=O) groups is 1. The standard InChI is InChI=1S/C24H28FN5O2/c1-17-3-4-19(14-22(17)24(31)26-7-8-29-9-11-32-12-10-29)23-16-30(28-27-23)15-20-5-6-21(25)13-18(20)2/h3-6,13-14,16H,7-12,15H2,1-2H3,(H,26,31). The number of benzene rings is 2. The fraction of sp³-hybridized carbons (Fsp3) is 0.375. The van der Waals surface area contributed by atoms with E-state index in [2.05, 4.69) is 20.5 Å². The van der Waals surface area contributed by atoms with Crippen molar-refractivity contribution in [2.75, 3.05) is 39.4 Å². The van der Waals surface area contributed by atoms with Gasteiger partial charge in [0.2, 0.25) is 0 Å². The summed E-state index contributed by atoms with van der Waals surface area (Å²) in [6, 6.07) is 10.4. The number of nitrogens with zero attached hydrogens (tertiary/aromatic N) is 4. The minimum Gasteiger partial charge on any atom is -0.379 e. The molecule has 0 bridgehead atoms. The summed E-state index contributed by atoms with van der Waals surface area (Å²) >= 11 is 0. The molecule has 1 aromatic heterocycles. The molecule has 7 nitrogen and oxygen atoms in total. The highest BCUT2D eigenvalue weighted by Crippen LogP contribution is 2.21. The number of carbonyl (C=O) groups excluding carboxylic acids is 1. The van der Waals surface area contributed by atoms with Gasteiger partial charge in [-0.1, -0.05) is 23.4 Å². The molecule has 32 heavy (non-hydrogen) atoms. The normalized spacial score (nSPS) is 14.5. The zero-order valence-corrected chi connectivity index (χ0v) is 18.5. The highest BCUT2D eigenvalue weighted by Gasteiger charge is 2.14. The highest BCUT2D eigenvalue weighted by atomic mass is 19.1. The Labute approximate surface area is 187 Å². The molecular weight excluding hydrogens is 409 g/mol. The number of morpholine rings is 1. The molecule has 8 heteroatoms. The second-order valence-electron chi connectivity index (χ2n) is 8.11. The van der Waals surface area contributed by atoms with Gasteiger partial charge in [-0.05, 0) is 48.7 Å². The third-order valence-electron chi connectivity index (χ3n) is 5.77. The van der Waals surface area contributed by atoms with Crippen LogP contribution in [-0.4, -0.2) is 65.2 Å². The van der Waals surface area contributed by atoms with E-state index >= 15 is 0 Å². The van der Waals surface area contributed by atoms with E-state index in [9.17, 15) is 9.18 Å². The third kappa shape index (κ3) is 5.38. The summed E-state index contributed by atoms with van der Waals surface area (Å²) in [5.41, 5.74) is 4.91. The van der Waals surface area contributed by atoms with Crippen molar-refractivity contribution in [3.63, 3.8) is 0 Å². The predicted octanol–water partition coefficient (Wildman–Crippen LogP) is 2.81. The Balaban J connectivity index is 1.42. The van der Waals surface area contributed by atoms with Crippen molar-refractivity contribution < 1.29 is 13.9 Å². The van der Waals surface area contributed by atoms with E-state index in [-0.39, 0.29) is 11.7 Å². The zero-order chi connectivity index (χ0) is 22.5. The van der Waals surface area contributed by atoms with Crippen LogP contribution in [0.1, 0.15) is 27.0 Å². The first kappa shape index (κ1) is 22.1. The second kappa shape index (κ2) is 10.0. The van der Waals surface area contributed by atoms with E-state index < -0.39 is 0 Å². The molecule has 2 aromatic carbocycles. The van der Waals surface area contributed by atoms with Crippen molar-refractivity contribution in [3.8, 4) is 11.3 Å². The lowest BCUT2D eigenvalue weighted by atomic mass is 10.0. The highest BCUT2D eigenvalue weighted by molar-refractivity contribution is 5.96. The number of hydrogen-bond donors (Lipinski definition) is 1. The van der Waals surface area contributed by atoms with Gasteiger partial charge in [0, 0.05) is 37.3 Å². The number of hydrogen-bond acceptors (Lipinski definition) is 5. The lowest BCUT2D eigenvalue weighted by molar-refractivity contribution is 0.0383. The molecule has 168 valence electrons. The van der Waals surface area contributed by atoms with Crippen LogP contribution >= 0.6 is 0 Å². The fourth-order valence-electron chi connectivity index (χ4n) is 3.79. The largest absolute Gasteiger partial charge is 0.379 e. The smallest absolute Gasteiger partial charge is 0.251 e. The fourth-order valence-corrected chi connectivity index (χ4v) is 3.79. The number of ether oxygens (including phenoxy) is 1. The Morgan fingerprint density at radius 2 is 1.94 bits per heavy atom. The van der Waals surface area contributed by atoms with E-state index in [0.717, 1.165) is 55.1 Å². The van der Waals surface area contributed by atoms with Gasteiger partial charge in [0.15, 0.2) is 0 Å². The number of halogens is 1. The van der Waals surface area contributed by atoms with Gasteiger partial charge in [-0.15, -0.1) is 5.10 Å². The molecule has 1 saturated heterocycles. The molecule has 3 aromatic rings. The van der Waals surface area contributed by atoms with E-state index in [0.29, 0.717) is 24.3 Å². The van der Waals surface area contributed by atoms with Crippen LogP contribution in [-0.2, 0) is 11.3 Å². The molecule has 0 aliphatic carbocycles. The van der Waals surface area contributed by atoms with Crippen LogP contribution in [0.4, 0.5) is 4.39 Å². The van der Waals surface area contributed by atoms with Crippen molar-refractivity contribution in [2.45, 2.75) is 20.4 Å². The number of rotatable bonds is 7. The molecule has 1 amide bonds. The van der Waals surface area contributed by atoms with Crippen LogP contribution in [0.2, 0.25) is 0 Å². The van der Waals surface area contributed by atoms with Gasteiger partial charge < -0.3 is 10.1 Å². The summed E-state index contributed by atoms with van der Waals surface area (Å²) in [6.07, 6.45) is 1.84. The molecule has 0 unspecified atom stereocenters. The Morgan fingerprint density at radius 1 is 1.12 bits per heavy atom. The molecule has 1 aliphatic rings. The van der Waals surface area contributed by atoms with Gasteiger partial charge in [0.1, 0.15) is 11.5 Å². The number of aromatic nitrogens is 3. The maximum atomic E-state index is 13.3. The van der Waals surface area contributed by atoms with Gasteiger partial charge >= 0.3 is 0 Å². The van der Waals surface area contributed by atoms with Crippen molar-refractivity contribution in [2.24, 2.45) is 0 Å². The average molecular weight is 438 g/mol. The Hall–Kier alpha value is -3.10. The van der Waals surface area contributed by atoms with Gasteiger partial charge in [0.05, 0.1) is 26.0 Å².